The molecule has 6 nitrogen and oxygen atoms in total. The molecule has 0 spiro atoms. The lowest BCUT2D eigenvalue weighted by atomic mass is 10.1. The van der Waals surface area contributed by atoms with Gasteiger partial charge in [0, 0.05) is 18.4 Å². The zero-order valence-corrected chi connectivity index (χ0v) is 14.8. The van der Waals surface area contributed by atoms with Crippen LogP contribution in [0.25, 0.3) is 11.4 Å². The third-order valence-corrected chi connectivity index (χ3v) is 3.89. The van der Waals surface area contributed by atoms with Crippen molar-refractivity contribution in [2.75, 3.05) is 12.4 Å². The largest absolute Gasteiger partial charge is 0.497 e. The zero-order chi connectivity index (χ0) is 20.1. The Labute approximate surface area is 158 Å². The van der Waals surface area contributed by atoms with E-state index in [1.807, 2.05) is 0 Å². The average Bonchev–Trinajstić information content (AvgIpc) is 3.15. The number of aryl methyl sites for hydroxylation is 1. The number of hydrogen-bond acceptors (Lipinski definition) is 5. The van der Waals surface area contributed by atoms with Gasteiger partial charge in [0.05, 0.1) is 18.4 Å². The zero-order valence-electron chi connectivity index (χ0n) is 14.8. The summed E-state index contributed by atoms with van der Waals surface area (Å²) in [5, 5.41) is 6.12. The SMILES string of the molecule is COc1ccc(-c2noc(CCC(=O)Nc3ccccc3C(F)(F)F)n2)cc1. The molecule has 3 rings (SSSR count). The van der Waals surface area contributed by atoms with Crippen molar-refractivity contribution in [1.29, 1.82) is 0 Å². The van der Waals surface area contributed by atoms with Crippen LogP contribution in [0.4, 0.5) is 18.9 Å². The van der Waals surface area contributed by atoms with E-state index in [9.17, 15) is 18.0 Å². The quantitative estimate of drug-likeness (QED) is 0.677. The number of carbonyl (C=O) groups excluding carboxylic acids is 1. The average molecular weight is 391 g/mol. The molecule has 9 heteroatoms. The van der Waals surface area contributed by atoms with Gasteiger partial charge in [0.25, 0.3) is 0 Å². The first-order chi connectivity index (χ1) is 13.4. The summed E-state index contributed by atoms with van der Waals surface area (Å²) in [6.45, 7) is 0. The van der Waals surface area contributed by atoms with Crippen molar-refractivity contribution in [3.8, 4) is 17.1 Å². The topological polar surface area (TPSA) is 77.2 Å². The number of rotatable bonds is 6. The van der Waals surface area contributed by atoms with E-state index in [2.05, 4.69) is 15.5 Å². The summed E-state index contributed by atoms with van der Waals surface area (Å²) >= 11 is 0. The number of nitrogens with one attached hydrogen (secondary N) is 1. The van der Waals surface area contributed by atoms with Crippen molar-refractivity contribution >= 4 is 11.6 Å². The maximum Gasteiger partial charge on any atom is 0.418 e. The number of methoxy groups -OCH3 is 1. The van der Waals surface area contributed by atoms with E-state index >= 15 is 0 Å². The van der Waals surface area contributed by atoms with Gasteiger partial charge < -0.3 is 14.6 Å². The molecule has 2 aromatic carbocycles. The second-order valence-corrected chi connectivity index (χ2v) is 5.83. The molecule has 0 bridgehead atoms. The summed E-state index contributed by atoms with van der Waals surface area (Å²) in [6, 6.07) is 11.8. The molecule has 3 aromatic rings. The number of hydrogen-bond donors (Lipinski definition) is 1. The van der Waals surface area contributed by atoms with Crippen LogP contribution in [0.5, 0.6) is 5.75 Å². The lowest BCUT2D eigenvalue weighted by molar-refractivity contribution is -0.137. The molecular formula is C19H16F3N3O3. The number of ether oxygens (including phenoxy) is 1. The standard InChI is InChI=1S/C19H16F3N3O3/c1-27-13-8-6-12(7-9-13)18-24-17(28-25-18)11-10-16(26)23-15-5-3-2-4-14(15)19(20,21)22/h2-9H,10-11H2,1H3,(H,23,26). The Balaban J connectivity index is 1.61. The summed E-state index contributed by atoms with van der Waals surface area (Å²) in [5.74, 6) is 0.662. The van der Waals surface area contributed by atoms with Crippen molar-refractivity contribution in [3.05, 3.63) is 60.0 Å². The molecule has 1 N–H and O–H groups in total. The van der Waals surface area contributed by atoms with Crippen LogP contribution in [-0.2, 0) is 17.4 Å². The molecule has 1 heterocycles. The minimum absolute atomic E-state index is 0.100. The van der Waals surface area contributed by atoms with Crippen LogP contribution in [0.1, 0.15) is 17.9 Å². The number of aromatic nitrogens is 2. The number of amides is 1. The number of benzene rings is 2. The number of anilines is 1. The highest BCUT2D eigenvalue weighted by atomic mass is 19.4. The van der Waals surface area contributed by atoms with Gasteiger partial charge in [-0.3, -0.25) is 4.79 Å². The van der Waals surface area contributed by atoms with E-state index in [0.29, 0.717) is 17.1 Å². The van der Waals surface area contributed by atoms with Crippen LogP contribution >= 0.6 is 0 Å². The first kappa shape index (κ1) is 19.4. The molecule has 0 atom stereocenters. The number of carbonyl (C=O) groups is 1. The van der Waals surface area contributed by atoms with Gasteiger partial charge in [-0.2, -0.15) is 18.2 Å². The third-order valence-electron chi connectivity index (χ3n) is 3.89. The molecule has 146 valence electrons. The summed E-state index contributed by atoms with van der Waals surface area (Å²) in [6.07, 6.45) is -4.55. The number of para-hydroxylation sites is 1. The monoisotopic (exact) mass is 391 g/mol. The lowest BCUT2D eigenvalue weighted by Crippen LogP contribution is -2.16. The van der Waals surface area contributed by atoms with Crippen LogP contribution in [0.3, 0.4) is 0 Å². The minimum atomic E-state index is -4.55. The van der Waals surface area contributed by atoms with E-state index in [1.165, 1.54) is 18.2 Å². The third kappa shape index (κ3) is 4.67. The van der Waals surface area contributed by atoms with Crippen molar-refractivity contribution in [2.45, 2.75) is 19.0 Å². The first-order valence-corrected chi connectivity index (χ1v) is 8.30. The van der Waals surface area contributed by atoms with Gasteiger partial charge in [-0.15, -0.1) is 0 Å². The molecule has 1 amide bonds. The number of alkyl halides is 3. The Morgan fingerprint density at radius 3 is 2.54 bits per heavy atom. The van der Waals surface area contributed by atoms with Crippen LogP contribution in [0, 0.1) is 0 Å². The molecule has 28 heavy (non-hydrogen) atoms. The highest BCUT2D eigenvalue weighted by molar-refractivity contribution is 5.91. The van der Waals surface area contributed by atoms with Gasteiger partial charge in [0.2, 0.25) is 17.6 Å². The van der Waals surface area contributed by atoms with E-state index < -0.39 is 17.6 Å². The predicted octanol–water partition coefficient (Wildman–Crippen LogP) is 4.34. The van der Waals surface area contributed by atoms with Crippen molar-refractivity contribution in [2.24, 2.45) is 0 Å². The van der Waals surface area contributed by atoms with Crippen molar-refractivity contribution in [3.63, 3.8) is 0 Å². The molecular weight excluding hydrogens is 375 g/mol. The Morgan fingerprint density at radius 1 is 1.14 bits per heavy atom. The Bertz CT molecular complexity index is 953. The van der Waals surface area contributed by atoms with E-state index in [4.69, 9.17) is 9.26 Å². The smallest absolute Gasteiger partial charge is 0.418 e. The second kappa shape index (κ2) is 8.12. The first-order valence-electron chi connectivity index (χ1n) is 8.30. The van der Waals surface area contributed by atoms with Gasteiger partial charge >= 0.3 is 6.18 Å². The molecule has 0 aliphatic carbocycles. The van der Waals surface area contributed by atoms with Crippen LogP contribution in [0.15, 0.2) is 53.1 Å². The van der Waals surface area contributed by atoms with Gasteiger partial charge in [-0.25, -0.2) is 0 Å². The molecule has 0 fully saturated rings. The van der Waals surface area contributed by atoms with Crippen molar-refractivity contribution < 1.29 is 27.2 Å². The Kier molecular flexibility index (Phi) is 5.62. The fraction of sp³-hybridized carbons (Fsp3) is 0.211. The molecule has 0 saturated carbocycles. The van der Waals surface area contributed by atoms with Crippen LogP contribution in [-0.4, -0.2) is 23.2 Å². The highest BCUT2D eigenvalue weighted by Gasteiger charge is 2.33. The summed E-state index contributed by atoms with van der Waals surface area (Å²) in [5.41, 5.74) is -0.480. The van der Waals surface area contributed by atoms with Gasteiger partial charge in [-0.1, -0.05) is 17.3 Å². The van der Waals surface area contributed by atoms with E-state index in [-0.39, 0.29) is 24.4 Å². The molecule has 0 unspecified atom stereocenters. The fourth-order valence-electron chi connectivity index (χ4n) is 2.49. The van der Waals surface area contributed by atoms with Crippen LogP contribution < -0.4 is 10.1 Å². The Hall–Kier alpha value is -3.36. The summed E-state index contributed by atoms with van der Waals surface area (Å²) in [7, 11) is 1.56. The maximum atomic E-state index is 13.0. The number of halogens is 3. The van der Waals surface area contributed by atoms with Crippen LogP contribution in [0.2, 0.25) is 0 Å². The summed E-state index contributed by atoms with van der Waals surface area (Å²) < 4.78 is 49.1. The molecule has 1 aromatic heterocycles. The second-order valence-electron chi connectivity index (χ2n) is 5.83. The summed E-state index contributed by atoms with van der Waals surface area (Å²) in [4.78, 5) is 16.2. The van der Waals surface area contributed by atoms with E-state index in [0.717, 1.165) is 6.07 Å². The molecule has 0 aliphatic rings. The molecule has 0 saturated heterocycles. The van der Waals surface area contributed by atoms with Gasteiger partial charge in [0.1, 0.15) is 5.75 Å². The highest BCUT2D eigenvalue weighted by Crippen LogP contribution is 2.34. The minimum Gasteiger partial charge on any atom is -0.497 e. The lowest BCUT2D eigenvalue weighted by Gasteiger charge is -2.13. The molecule has 0 radical (unpaired) electrons. The van der Waals surface area contributed by atoms with Gasteiger partial charge in [0.15, 0.2) is 0 Å². The van der Waals surface area contributed by atoms with Crippen molar-refractivity contribution in [1.82, 2.24) is 10.1 Å². The predicted molar refractivity (Wildman–Crippen MR) is 94.7 cm³/mol. The molecule has 0 aliphatic heterocycles. The van der Waals surface area contributed by atoms with E-state index in [1.54, 1.807) is 31.4 Å². The Morgan fingerprint density at radius 2 is 1.86 bits per heavy atom. The van der Waals surface area contributed by atoms with Gasteiger partial charge in [-0.05, 0) is 36.4 Å². The maximum absolute atomic E-state index is 13.0. The normalized spacial score (nSPS) is 11.3. The fourth-order valence-corrected chi connectivity index (χ4v) is 2.49. The number of nitrogens with zero attached hydrogens (tertiary/aromatic N) is 2.